The normalized spacial score (nSPS) is 15.7. The van der Waals surface area contributed by atoms with Gasteiger partial charge in [-0.05, 0) is 31.0 Å². The van der Waals surface area contributed by atoms with E-state index in [4.69, 9.17) is 0 Å². The van der Waals surface area contributed by atoms with Crippen LogP contribution in [0.25, 0.3) is 0 Å². The van der Waals surface area contributed by atoms with Crippen LogP contribution < -0.4 is 5.32 Å². The minimum atomic E-state index is -0.951. The number of hydrogen-bond acceptors (Lipinski definition) is 4. The van der Waals surface area contributed by atoms with Crippen molar-refractivity contribution in [1.29, 1.82) is 0 Å². The molecule has 1 aromatic rings. The lowest BCUT2D eigenvalue weighted by Crippen LogP contribution is -2.42. The first kappa shape index (κ1) is 19.1. The van der Waals surface area contributed by atoms with E-state index >= 15 is 0 Å². The van der Waals surface area contributed by atoms with Gasteiger partial charge in [0.2, 0.25) is 5.91 Å². The number of unbranched alkanes of at least 4 members (excludes halogenated alkanes) is 1. The molecule has 1 saturated heterocycles. The Morgan fingerprint density at radius 1 is 1.12 bits per heavy atom. The largest absolute Gasteiger partial charge is 0.348 e. The first-order valence-electron chi connectivity index (χ1n) is 8.07. The smallest absolute Gasteiger partial charge is 0.334 e. The number of amides is 5. The van der Waals surface area contributed by atoms with Gasteiger partial charge in [-0.2, -0.15) is 0 Å². The number of hydrogen-bond donors (Lipinski definition) is 1. The van der Waals surface area contributed by atoms with Crippen molar-refractivity contribution in [2.24, 2.45) is 0 Å². The van der Waals surface area contributed by atoms with Gasteiger partial charge in [-0.3, -0.25) is 19.3 Å². The monoisotopic (exact) mass is 409 g/mol. The van der Waals surface area contributed by atoms with E-state index in [1.54, 1.807) is 6.92 Å². The van der Waals surface area contributed by atoms with E-state index < -0.39 is 30.3 Å². The molecule has 1 aliphatic rings. The highest BCUT2D eigenvalue weighted by Gasteiger charge is 2.44. The summed E-state index contributed by atoms with van der Waals surface area (Å²) in [4.78, 5) is 49.8. The highest BCUT2D eigenvalue weighted by atomic mass is 79.9. The van der Waals surface area contributed by atoms with E-state index in [-0.39, 0.29) is 12.6 Å². The molecule has 7 nitrogen and oxygen atoms in total. The second-order valence-corrected chi connectivity index (χ2v) is 6.74. The lowest BCUT2D eigenvalue weighted by atomic mass is 10.1. The summed E-state index contributed by atoms with van der Waals surface area (Å²) in [6.45, 7) is 3.44. The molecule has 0 aromatic heterocycles. The fraction of sp³-hybridized carbons (Fsp3) is 0.412. The fourth-order valence-electron chi connectivity index (χ4n) is 2.47. The lowest BCUT2D eigenvalue weighted by molar-refractivity contribution is -0.144. The number of rotatable bonds is 7. The zero-order valence-corrected chi connectivity index (χ0v) is 15.7. The molecule has 5 amide bonds. The van der Waals surface area contributed by atoms with E-state index in [9.17, 15) is 19.2 Å². The zero-order chi connectivity index (χ0) is 18.6. The minimum absolute atomic E-state index is 0.188. The molecule has 0 saturated carbocycles. The Balaban J connectivity index is 1.97. The maximum Gasteiger partial charge on any atom is 0.334 e. The quantitative estimate of drug-likeness (QED) is 0.552. The van der Waals surface area contributed by atoms with E-state index in [2.05, 4.69) is 21.2 Å². The average Bonchev–Trinajstić information content (AvgIpc) is 2.77. The van der Waals surface area contributed by atoms with Crippen LogP contribution in [0, 0.1) is 0 Å². The summed E-state index contributed by atoms with van der Waals surface area (Å²) in [5, 5.41) is 2.73. The summed E-state index contributed by atoms with van der Waals surface area (Å²) >= 11 is 3.34. The Morgan fingerprint density at radius 3 is 2.32 bits per heavy atom. The Hall–Kier alpha value is -2.22. The highest BCUT2D eigenvalue weighted by Crippen LogP contribution is 2.17. The summed E-state index contributed by atoms with van der Waals surface area (Å²) in [6.07, 6.45) is 1.40. The molecule has 0 aliphatic carbocycles. The molecule has 0 spiro atoms. The van der Waals surface area contributed by atoms with Crippen molar-refractivity contribution >= 4 is 39.7 Å². The average molecular weight is 410 g/mol. The maximum atomic E-state index is 12.2. The molecule has 134 valence electrons. The van der Waals surface area contributed by atoms with Gasteiger partial charge in [0.25, 0.3) is 0 Å². The van der Waals surface area contributed by atoms with Gasteiger partial charge in [0, 0.05) is 11.0 Å². The first-order chi connectivity index (χ1) is 11.8. The molecular formula is C17H20BrN3O4. The molecule has 2 rings (SSSR count). The molecular weight excluding hydrogens is 390 g/mol. The van der Waals surface area contributed by atoms with Crippen LogP contribution in [-0.4, -0.2) is 46.6 Å². The minimum Gasteiger partial charge on any atom is -0.348 e. The molecule has 0 radical (unpaired) electrons. The third kappa shape index (κ3) is 4.45. The van der Waals surface area contributed by atoms with Gasteiger partial charge in [-0.25, -0.2) is 9.69 Å². The van der Waals surface area contributed by atoms with Crippen molar-refractivity contribution in [3.8, 4) is 0 Å². The molecule has 1 atom stereocenters. The van der Waals surface area contributed by atoms with Crippen LogP contribution in [0.2, 0.25) is 0 Å². The number of imide groups is 2. The van der Waals surface area contributed by atoms with Crippen LogP contribution in [-0.2, 0) is 14.4 Å². The van der Waals surface area contributed by atoms with Crippen LogP contribution in [0.5, 0.6) is 0 Å². The van der Waals surface area contributed by atoms with Gasteiger partial charge < -0.3 is 5.32 Å². The molecule has 1 heterocycles. The van der Waals surface area contributed by atoms with Crippen molar-refractivity contribution in [3.05, 3.63) is 34.3 Å². The van der Waals surface area contributed by atoms with Crippen molar-refractivity contribution in [3.63, 3.8) is 0 Å². The fourth-order valence-corrected chi connectivity index (χ4v) is 2.73. The predicted octanol–water partition coefficient (Wildman–Crippen LogP) is 2.22. The predicted molar refractivity (Wildman–Crippen MR) is 94.4 cm³/mol. The van der Waals surface area contributed by atoms with Crippen LogP contribution in [0.15, 0.2) is 28.7 Å². The summed E-state index contributed by atoms with van der Waals surface area (Å²) in [7, 11) is 0. The molecule has 25 heavy (non-hydrogen) atoms. The number of nitrogens with one attached hydrogen (secondary N) is 1. The summed E-state index contributed by atoms with van der Waals surface area (Å²) < 4.78 is 0.925. The zero-order valence-electron chi connectivity index (χ0n) is 14.1. The maximum absolute atomic E-state index is 12.2. The summed E-state index contributed by atoms with van der Waals surface area (Å²) in [6, 6.07) is 6.41. The molecule has 0 bridgehead atoms. The van der Waals surface area contributed by atoms with Gasteiger partial charge in [-0.15, -0.1) is 0 Å². The lowest BCUT2D eigenvalue weighted by Gasteiger charge is -2.18. The molecule has 1 aliphatic heterocycles. The van der Waals surface area contributed by atoms with Crippen LogP contribution >= 0.6 is 15.9 Å². The molecule has 0 unspecified atom stereocenters. The van der Waals surface area contributed by atoms with E-state index in [1.165, 1.54) is 0 Å². The van der Waals surface area contributed by atoms with Crippen molar-refractivity contribution < 1.29 is 19.2 Å². The van der Waals surface area contributed by atoms with Crippen LogP contribution in [0.4, 0.5) is 4.79 Å². The van der Waals surface area contributed by atoms with E-state index in [0.29, 0.717) is 11.3 Å². The Bertz CT molecular complexity index is 690. The van der Waals surface area contributed by atoms with Crippen LogP contribution in [0.1, 0.15) is 38.3 Å². The van der Waals surface area contributed by atoms with Gasteiger partial charge in [0.1, 0.15) is 6.54 Å². The van der Waals surface area contributed by atoms with Crippen molar-refractivity contribution in [2.75, 3.05) is 13.1 Å². The molecule has 1 fully saturated rings. The van der Waals surface area contributed by atoms with Gasteiger partial charge in [0.05, 0.1) is 6.04 Å². The number of urea groups is 1. The highest BCUT2D eigenvalue weighted by molar-refractivity contribution is 9.10. The summed E-state index contributed by atoms with van der Waals surface area (Å²) in [5.74, 6) is -2.32. The SMILES string of the molecule is CCCCN1C(=O)C(=O)N(CC(=O)N[C@@H](C)c2ccc(Br)cc2)C1=O. The number of carbonyl (C=O) groups is 4. The van der Waals surface area contributed by atoms with Gasteiger partial charge >= 0.3 is 17.8 Å². The van der Waals surface area contributed by atoms with E-state index in [0.717, 1.165) is 21.4 Å². The standard InChI is InChI=1S/C17H20BrN3O4/c1-3-4-9-20-15(23)16(24)21(17(20)25)10-14(22)19-11(2)12-5-7-13(18)8-6-12/h5-8,11H,3-4,9-10H2,1-2H3,(H,19,22)/t11-/m0/s1. The van der Waals surface area contributed by atoms with Gasteiger partial charge in [-0.1, -0.05) is 41.4 Å². The number of carbonyl (C=O) groups excluding carboxylic acids is 4. The van der Waals surface area contributed by atoms with Gasteiger partial charge in [0.15, 0.2) is 0 Å². The Kier molecular flexibility index (Phi) is 6.30. The topological polar surface area (TPSA) is 86.8 Å². The number of nitrogens with zero attached hydrogens (tertiary/aromatic N) is 2. The summed E-state index contributed by atoms with van der Waals surface area (Å²) in [5.41, 5.74) is 0.885. The van der Waals surface area contributed by atoms with Crippen molar-refractivity contribution in [1.82, 2.24) is 15.1 Å². The number of halogens is 1. The Morgan fingerprint density at radius 2 is 1.72 bits per heavy atom. The Labute approximate surface area is 154 Å². The second kappa shape index (κ2) is 8.24. The molecule has 8 heteroatoms. The third-order valence-corrected chi connectivity index (χ3v) is 4.45. The third-order valence-electron chi connectivity index (χ3n) is 3.92. The van der Waals surface area contributed by atoms with Crippen molar-refractivity contribution in [2.45, 2.75) is 32.7 Å². The molecule has 1 N–H and O–H groups in total. The van der Waals surface area contributed by atoms with E-state index in [1.807, 2.05) is 31.2 Å². The number of benzene rings is 1. The van der Waals surface area contributed by atoms with Crippen LogP contribution in [0.3, 0.4) is 0 Å². The second-order valence-electron chi connectivity index (χ2n) is 5.82. The molecule has 1 aromatic carbocycles. The first-order valence-corrected chi connectivity index (χ1v) is 8.86.